The number of pyridine rings is 1. The van der Waals surface area contributed by atoms with Gasteiger partial charge in [-0.15, -0.1) is 0 Å². The molecule has 0 spiro atoms. The van der Waals surface area contributed by atoms with Gasteiger partial charge in [-0.1, -0.05) is 23.7 Å². The zero-order valence-electron chi connectivity index (χ0n) is 15.2. The second-order valence-electron chi connectivity index (χ2n) is 7.33. The van der Waals surface area contributed by atoms with Crippen molar-refractivity contribution < 1.29 is 19.1 Å². The van der Waals surface area contributed by atoms with Gasteiger partial charge in [0.05, 0.1) is 22.5 Å². The van der Waals surface area contributed by atoms with Crippen molar-refractivity contribution in [2.24, 2.45) is 5.92 Å². The molecule has 3 heterocycles. The normalized spacial score (nSPS) is 18.2. The summed E-state index contributed by atoms with van der Waals surface area (Å²) in [6, 6.07) is 5.70. The molecule has 0 radical (unpaired) electrons. The summed E-state index contributed by atoms with van der Waals surface area (Å²) in [6.07, 6.45) is 3.68. The zero-order chi connectivity index (χ0) is 19.4. The smallest absolute Gasteiger partial charge is 0.261 e. The van der Waals surface area contributed by atoms with Gasteiger partial charge >= 0.3 is 0 Å². The number of nitrogens with one attached hydrogen (secondary N) is 1. The number of hydrogen-bond donors (Lipinski definition) is 1. The third-order valence-electron chi connectivity index (χ3n) is 5.59. The topological polar surface area (TPSA) is 80.8 Å². The number of halogens is 1. The minimum atomic E-state index is -0.468. The van der Waals surface area contributed by atoms with E-state index in [1.807, 2.05) is 17.0 Å². The number of nitrogens with zero attached hydrogens (tertiary/aromatic N) is 2. The van der Waals surface area contributed by atoms with Crippen LogP contribution in [0, 0.1) is 5.92 Å². The van der Waals surface area contributed by atoms with Gasteiger partial charge in [-0.05, 0) is 37.3 Å². The van der Waals surface area contributed by atoms with Gasteiger partial charge in [0.15, 0.2) is 5.75 Å². The Bertz CT molecular complexity index is 1010. The SMILES string of the molecule is CC(C1CC1)N1Cc2cccc(NC(=O)c3c(Cl)cnc4c3OCO4)c2C1=O. The number of carbonyl (C=O) groups is 2. The molecule has 28 heavy (non-hydrogen) atoms. The van der Waals surface area contributed by atoms with E-state index in [9.17, 15) is 9.59 Å². The van der Waals surface area contributed by atoms with Crippen LogP contribution in [0.3, 0.4) is 0 Å². The van der Waals surface area contributed by atoms with Crippen LogP contribution in [0.4, 0.5) is 5.69 Å². The number of fused-ring (bicyclic) bond motifs is 2. The van der Waals surface area contributed by atoms with Crippen LogP contribution in [0.1, 0.15) is 46.0 Å². The lowest BCUT2D eigenvalue weighted by Crippen LogP contribution is -2.35. The maximum atomic E-state index is 13.1. The van der Waals surface area contributed by atoms with Crippen LogP contribution >= 0.6 is 11.6 Å². The lowest BCUT2D eigenvalue weighted by atomic mass is 10.1. The van der Waals surface area contributed by atoms with Crippen molar-refractivity contribution in [2.75, 3.05) is 12.1 Å². The van der Waals surface area contributed by atoms with Crippen LogP contribution in [0.25, 0.3) is 0 Å². The molecule has 1 saturated carbocycles. The van der Waals surface area contributed by atoms with Crippen molar-refractivity contribution in [2.45, 2.75) is 32.4 Å². The van der Waals surface area contributed by atoms with Gasteiger partial charge in [0.25, 0.3) is 17.7 Å². The molecule has 1 unspecified atom stereocenters. The molecule has 7 nitrogen and oxygen atoms in total. The molecule has 2 aliphatic heterocycles. The summed E-state index contributed by atoms with van der Waals surface area (Å²) >= 11 is 6.19. The predicted octanol–water partition coefficient (Wildman–Crippen LogP) is 3.47. The highest BCUT2D eigenvalue weighted by molar-refractivity contribution is 6.35. The van der Waals surface area contributed by atoms with Gasteiger partial charge < -0.3 is 19.7 Å². The molecule has 1 aromatic carbocycles. The molecule has 2 amide bonds. The average Bonchev–Trinajstić information content (AvgIpc) is 3.33. The number of carbonyl (C=O) groups excluding carboxylic acids is 2. The highest BCUT2D eigenvalue weighted by atomic mass is 35.5. The maximum Gasteiger partial charge on any atom is 0.261 e. The minimum Gasteiger partial charge on any atom is -0.451 e. The van der Waals surface area contributed by atoms with Gasteiger partial charge in [0.2, 0.25) is 6.79 Å². The van der Waals surface area contributed by atoms with Gasteiger partial charge in [0.1, 0.15) is 5.56 Å². The number of hydrogen-bond acceptors (Lipinski definition) is 5. The Labute approximate surface area is 166 Å². The highest BCUT2D eigenvalue weighted by Gasteiger charge is 2.39. The fraction of sp³-hybridized carbons (Fsp3) is 0.350. The number of benzene rings is 1. The third-order valence-corrected chi connectivity index (χ3v) is 5.88. The second-order valence-corrected chi connectivity index (χ2v) is 7.73. The Balaban J connectivity index is 1.46. The quantitative estimate of drug-likeness (QED) is 0.851. The summed E-state index contributed by atoms with van der Waals surface area (Å²) in [4.78, 5) is 31.9. The summed E-state index contributed by atoms with van der Waals surface area (Å²) in [5.74, 6) is 0.507. The Morgan fingerprint density at radius 2 is 2.18 bits per heavy atom. The Kier molecular flexibility index (Phi) is 3.94. The lowest BCUT2D eigenvalue weighted by molar-refractivity contribution is 0.0698. The highest BCUT2D eigenvalue weighted by Crippen LogP contribution is 2.41. The van der Waals surface area contributed by atoms with Crippen LogP contribution in [-0.4, -0.2) is 34.5 Å². The first-order valence-corrected chi connectivity index (χ1v) is 9.60. The van der Waals surface area contributed by atoms with Crippen molar-refractivity contribution in [3.8, 4) is 11.6 Å². The van der Waals surface area contributed by atoms with Crippen molar-refractivity contribution in [3.05, 3.63) is 46.1 Å². The molecular formula is C20H18ClN3O4. The van der Waals surface area contributed by atoms with Crippen LogP contribution in [0.15, 0.2) is 24.4 Å². The third kappa shape index (κ3) is 2.69. The monoisotopic (exact) mass is 399 g/mol. The van der Waals surface area contributed by atoms with E-state index < -0.39 is 5.91 Å². The molecule has 1 N–H and O–H groups in total. The minimum absolute atomic E-state index is 0.0177. The Hall–Kier alpha value is -2.80. The van der Waals surface area contributed by atoms with Crippen LogP contribution in [-0.2, 0) is 6.54 Å². The fourth-order valence-corrected chi connectivity index (χ4v) is 4.10. The molecule has 2 aromatic rings. The first kappa shape index (κ1) is 17.3. The van der Waals surface area contributed by atoms with Gasteiger partial charge in [-0.25, -0.2) is 4.98 Å². The van der Waals surface area contributed by atoms with Gasteiger partial charge in [-0.2, -0.15) is 0 Å². The van der Waals surface area contributed by atoms with E-state index in [4.69, 9.17) is 21.1 Å². The van der Waals surface area contributed by atoms with Crippen LogP contribution in [0.5, 0.6) is 11.6 Å². The Morgan fingerprint density at radius 3 is 2.96 bits per heavy atom. The summed E-state index contributed by atoms with van der Waals surface area (Å²) in [7, 11) is 0. The standard InChI is InChI=1S/C20H18ClN3O4/c1-10(11-5-6-11)24-8-12-3-2-4-14(15(12)20(24)26)23-18(25)16-13(21)7-22-19-17(16)27-9-28-19/h2-4,7,10-11H,5-6,8-9H2,1H3,(H,23,25). The van der Waals surface area contributed by atoms with E-state index in [1.165, 1.54) is 19.0 Å². The van der Waals surface area contributed by atoms with Crippen molar-refractivity contribution >= 4 is 29.1 Å². The zero-order valence-corrected chi connectivity index (χ0v) is 16.0. The summed E-state index contributed by atoms with van der Waals surface area (Å²) < 4.78 is 10.6. The predicted molar refractivity (Wildman–Crippen MR) is 102 cm³/mol. The molecule has 1 fully saturated rings. The van der Waals surface area contributed by atoms with Gasteiger partial charge in [0, 0.05) is 12.6 Å². The van der Waals surface area contributed by atoms with Gasteiger partial charge in [-0.3, -0.25) is 9.59 Å². The Morgan fingerprint density at radius 1 is 1.36 bits per heavy atom. The van der Waals surface area contributed by atoms with Crippen LogP contribution < -0.4 is 14.8 Å². The van der Waals surface area contributed by atoms with E-state index in [2.05, 4.69) is 17.2 Å². The first-order valence-electron chi connectivity index (χ1n) is 9.23. The van der Waals surface area contributed by atoms with E-state index in [0.717, 1.165) is 5.56 Å². The maximum absolute atomic E-state index is 13.1. The van der Waals surface area contributed by atoms with Crippen LogP contribution in [0.2, 0.25) is 5.02 Å². The molecule has 0 saturated heterocycles. The lowest BCUT2D eigenvalue weighted by Gasteiger charge is -2.24. The summed E-state index contributed by atoms with van der Waals surface area (Å²) in [5, 5.41) is 2.99. The average molecular weight is 400 g/mol. The van der Waals surface area contributed by atoms with Crippen molar-refractivity contribution in [3.63, 3.8) is 0 Å². The van der Waals surface area contributed by atoms with E-state index >= 15 is 0 Å². The number of amides is 2. The number of ether oxygens (including phenoxy) is 2. The molecule has 1 atom stereocenters. The summed E-state index contributed by atoms with van der Waals surface area (Å²) in [5.41, 5.74) is 2.08. The number of rotatable bonds is 4. The molecule has 1 aliphatic carbocycles. The molecule has 3 aliphatic rings. The number of aromatic nitrogens is 1. The molecule has 8 heteroatoms. The fourth-order valence-electron chi connectivity index (χ4n) is 3.88. The molecular weight excluding hydrogens is 382 g/mol. The molecule has 144 valence electrons. The second kappa shape index (κ2) is 6.38. The molecule has 1 aromatic heterocycles. The molecule has 0 bridgehead atoms. The molecule has 5 rings (SSSR count). The van der Waals surface area contributed by atoms with E-state index in [-0.39, 0.29) is 41.0 Å². The summed E-state index contributed by atoms with van der Waals surface area (Å²) in [6.45, 7) is 2.64. The first-order chi connectivity index (χ1) is 13.5. The van der Waals surface area contributed by atoms with Crippen molar-refractivity contribution in [1.29, 1.82) is 0 Å². The van der Waals surface area contributed by atoms with E-state index in [0.29, 0.717) is 23.7 Å². The number of anilines is 1. The largest absolute Gasteiger partial charge is 0.451 e. The van der Waals surface area contributed by atoms with E-state index in [1.54, 1.807) is 6.07 Å². The van der Waals surface area contributed by atoms with Crippen molar-refractivity contribution in [1.82, 2.24) is 9.88 Å².